The van der Waals surface area contributed by atoms with Crippen molar-refractivity contribution >= 4 is 56.5 Å². The molecule has 2 aromatic carbocycles. The molecule has 1 N–H and O–H groups in total. The van der Waals surface area contributed by atoms with Crippen LogP contribution in [0.5, 0.6) is 0 Å². The molecule has 0 spiro atoms. The van der Waals surface area contributed by atoms with Gasteiger partial charge in [0.25, 0.3) is 0 Å². The summed E-state index contributed by atoms with van der Waals surface area (Å²) in [6, 6.07) is 8.03. The lowest BCUT2D eigenvalue weighted by atomic mass is 10.1. The molecule has 2 aromatic rings. The highest BCUT2D eigenvalue weighted by molar-refractivity contribution is 7.92. The van der Waals surface area contributed by atoms with Gasteiger partial charge in [0.1, 0.15) is 6.04 Å². The summed E-state index contributed by atoms with van der Waals surface area (Å²) in [5, 5.41) is 3.13. The zero-order chi connectivity index (χ0) is 22.6. The topological polar surface area (TPSA) is 92.8 Å². The van der Waals surface area contributed by atoms with Crippen molar-refractivity contribution in [3.8, 4) is 0 Å². The number of nitrogens with zero attached hydrogens (tertiary/aromatic N) is 1. The molecule has 30 heavy (non-hydrogen) atoms. The monoisotopic (exact) mass is 472 g/mol. The maximum Gasteiger partial charge on any atom is 0.339 e. The highest BCUT2D eigenvalue weighted by Crippen LogP contribution is 2.29. The van der Waals surface area contributed by atoms with Crippen molar-refractivity contribution in [1.82, 2.24) is 0 Å². The van der Waals surface area contributed by atoms with Crippen LogP contribution >= 0.6 is 23.2 Å². The Bertz CT molecular complexity index is 1070. The molecule has 1 atom stereocenters. The van der Waals surface area contributed by atoms with E-state index in [1.54, 1.807) is 26.0 Å². The Labute approximate surface area is 186 Å². The molecule has 10 heteroatoms. The number of carbonyl (C=O) groups excluding carboxylic acids is 2. The molecule has 0 unspecified atom stereocenters. The van der Waals surface area contributed by atoms with E-state index >= 15 is 0 Å². The quantitative estimate of drug-likeness (QED) is 0.607. The number of hydrogen-bond donors (Lipinski definition) is 1. The second kappa shape index (κ2) is 9.68. The first kappa shape index (κ1) is 24.0. The lowest BCUT2D eigenvalue weighted by molar-refractivity contribution is -0.116. The van der Waals surface area contributed by atoms with Crippen molar-refractivity contribution in [1.29, 1.82) is 0 Å². The number of nitrogens with one attached hydrogen (secondary N) is 1. The fraction of sp³-hybridized carbons (Fsp3) is 0.300. The summed E-state index contributed by atoms with van der Waals surface area (Å²) in [5.41, 5.74) is 1.31. The summed E-state index contributed by atoms with van der Waals surface area (Å²) < 4.78 is 30.9. The molecule has 0 saturated heterocycles. The Morgan fingerprint density at radius 1 is 1.17 bits per heavy atom. The van der Waals surface area contributed by atoms with Crippen LogP contribution in [-0.2, 0) is 19.6 Å². The first-order valence-electron chi connectivity index (χ1n) is 8.98. The van der Waals surface area contributed by atoms with Gasteiger partial charge in [-0.25, -0.2) is 13.2 Å². The molecule has 0 heterocycles. The summed E-state index contributed by atoms with van der Waals surface area (Å²) >= 11 is 12.1. The number of ether oxygens (including phenoxy) is 1. The van der Waals surface area contributed by atoms with Gasteiger partial charge in [-0.05, 0) is 56.7 Å². The van der Waals surface area contributed by atoms with Gasteiger partial charge in [0.15, 0.2) is 0 Å². The normalized spacial score (nSPS) is 12.2. The molecule has 0 bridgehead atoms. The third kappa shape index (κ3) is 5.65. The summed E-state index contributed by atoms with van der Waals surface area (Å²) in [6.07, 6.45) is 1.01. The predicted octanol–water partition coefficient (Wildman–Crippen LogP) is 4.27. The highest BCUT2D eigenvalue weighted by Gasteiger charge is 2.30. The van der Waals surface area contributed by atoms with E-state index in [9.17, 15) is 18.0 Å². The van der Waals surface area contributed by atoms with Gasteiger partial charge in [0.2, 0.25) is 15.9 Å². The Morgan fingerprint density at radius 2 is 1.83 bits per heavy atom. The van der Waals surface area contributed by atoms with E-state index in [1.165, 1.54) is 31.2 Å². The van der Waals surface area contributed by atoms with Crippen LogP contribution in [0.4, 0.5) is 11.4 Å². The fourth-order valence-electron chi connectivity index (χ4n) is 2.82. The zero-order valence-electron chi connectivity index (χ0n) is 16.9. The molecule has 0 aliphatic carbocycles. The second-order valence-electron chi connectivity index (χ2n) is 6.57. The fourth-order valence-corrected chi connectivity index (χ4v) is 4.40. The summed E-state index contributed by atoms with van der Waals surface area (Å²) in [7, 11) is -3.81. The first-order valence-corrected chi connectivity index (χ1v) is 11.6. The molecule has 162 valence electrons. The predicted molar refractivity (Wildman–Crippen MR) is 119 cm³/mol. The van der Waals surface area contributed by atoms with Crippen molar-refractivity contribution in [2.75, 3.05) is 22.5 Å². The molecular weight excluding hydrogens is 451 g/mol. The van der Waals surface area contributed by atoms with Crippen molar-refractivity contribution in [3.63, 3.8) is 0 Å². The smallest absolute Gasteiger partial charge is 0.339 e. The van der Waals surface area contributed by atoms with Crippen LogP contribution in [-0.4, -0.2) is 39.2 Å². The van der Waals surface area contributed by atoms with Crippen molar-refractivity contribution in [2.24, 2.45) is 0 Å². The third-order valence-corrected chi connectivity index (χ3v) is 6.02. The molecule has 0 saturated carbocycles. The number of aryl methyl sites for hydroxylation is 1. The molecule has 0 aliphatic rings. The molecule has 0 fully saturated rings. The minimum Gasteiger partial charge on any atom is -0.462 e. The van der Waals surface area contributed by atoms with E-state index < -0.39 is 27.9 Å². The Kier molecular flexibility index (Phi) is 7.74. The first-order chi connectivity index (χ1) is 14.0. The van der Waals surface area contributed by atoms with E-state index in [4.69, 9.17) is 27.9 Å². The van der Waals surface area contributed by atoms with Crippen molar-refractivity contribution < 1.29 is 22.7 Å². The SMILES string of the molecule is CCOC(=O)c1cc(NC(=O)[C@H](C)N(c2cc(Cl)ccc2C)S(C)(=O)=O)ccc1Cl. The molecule has 0 aromatic heterocycles. The number of benzene rings is 2. The van der Waals surface area contributed by atoms with Gasteiger partial charge in [-0.1, -0.05) is 29.3 Å². The van der Waals surface area contributed by atoms with Crippen molar-refractivity contribution in [3.05, 3.63) is 57.6 Å². The molecule has 7 nitrogen and oxygen atoms in total. The molecule has 0 radical (unpaired) electrons. The molecule has 1 amide bonds. The summed E-state index contributed by atoms with van der Waals surface area (Å²) in [6.45, 7) is 5.01. The minimum atomic E-state index is -3.81. The van der Waals surface area contributed by atoms with E-state index in [0.717, 1.165) is 10.6 Å². The van der Waals surface area contributed by atoms with Gasteiger partial charge in [0.05, 0.1) is 29.1 Å². The van der Waals surface area contributed by atoms with E-state index in [0.29, 0.717) is 16.3 Å². The maximum atomic E-state index is 12.9. The maximum absolute atomic E-state index is 12.9. The Morgan fingerprint density at radius 3 is 2.43 bits per heavy atom. The van der Waals surface area contributed by atoms with Crippen LogP contribution in [0.15, 0.2) is 36.4 Å². The molecule has 2 rings (SSSR count). The average molecular weight is 473 g/mol. The van der Waals surface area contributed by atoms with Gasteiger partial charge in [0, 0.05) is 10.7 Å². The number of rotatable bonds is 7. The standard InChI is InChI=1S/C20H22Cl2N2O5S/c1-5-29-20(26)16-11-15(8-9-17(16)22)23-19(25)13(3)24(30(4,27)28)18-10-14(21)7-6-12(18)2/h6-11,13H,5H2,1-4H3,(H,23,25)/t13-/m0/s1. The number of halogens is 2. The molecular formula is C20H22Cl2N2O5S. The lowest BCUT2D eigenvalue weighted by Gasteiger charge is -2.29. The van der Waals surface area contributed by atoms with Gasteiger partial charge in [-0.3, -0.25) is 9.10 Å². The van der Waals surface area contributed by atoms with Crippen LogP contribution in [0, 0.1) is 6.92 Å². The Balaban J connectivity index is 2.36. The number of sulfonamides is 1. The lowest BCUT2D eigenvalue weighted by Crippen LogP contribution is -2.45. The largest absolute Gasteiger partial charge is 0.462 e. The van der Waals surface area contributed by atoms with Gasteiger partial charge < -0.3 is 10.1 Å². The van der Waals surface area contributed by atoms with Gasteiger partial charge in [-0.2, -0.15) is 0 Å². The number of hydrogen-bond acceptors (Lipinski definition) is 5. The summed E-state index contributed by atoms with van der Waals surface area (Å²) in [5.74, 6) is -1.23. The second-order valence-corrected chi connectivity index (χ2v) is 9.27. The number of esters is 1. The number of anilines is 2. The average Bonchev–Trinajstić information content (AvgIpc) is 2.65. The van der Waals surface area contributed by atoms with Gasteiger partial charge in [-0.15, -0.1) is 0 Å². The van der Waals surface area contributed by atoms with Crippen molar-refractivity contribution in [2.45, 2.75) is 26.8 Å². The van der Waals surface area contributed by atoms with Crippen LogP contribution < -0.4 is 9.62 Å². The van der Waals surface area contributed by atoms with Crippen LogP contribution in [0.2, 0.25) is 10.0 Å². The Hall–Kier alpha value is -2.29. The third-order valence-electron chi connectivity index (χ3n) is 4.23. The van der Waals surface area contributed by atoms with Gasteiger partial charge >= 0.3 is 5.97 Å². The molecule has 0 aliphatic heterocycles. The summed E-state index contributed by atoms with van der Waals surface area (Å²) in [4.78, 5) is 24.9. The van der Waals surface area contributed by atoms with E-state index in [-0.39, 0.29) is 22.9 Å². The minimum absolute atomic E-state index is 0.0922. The number of amides is 1. The van der Waals surface area contributed by atoms with E-state index in [2.05, 4.69) is 5.32 Å². The van der Waals surface area contributed by atoms with Crippen LogP contribution in [0.3, 0.4) is 0 Å². The van der Waals surface area contributed by atoms with Crippen LogP contribution in [0.1, 0.15) is 29.8 Å². The zero-order valence-corrected chi connectivity index (χ0v) is 19.2. The van der Waals surface area contributed by atoms with Crippen LogP contribution in [0.25, 0.3) is 0 Å². The highest BCUT2D eigenvalue weighted by atomic mass is 35.5. The number of carbonyl (C=O) groups is 2. The van der Waals surface area contributed by atoms with E-state index in [1.807, 2.05) is 0 Å².